The van der Waals surface area contributed by atoms with E-state index in [1.165, 1.54) is 5.56 Å². The Morgan fingerprint density at radius 2 is 1.70 bits per heavy atom. The van der Waals surface area contributed by atoms with Crippen molar-refractivity contribution < 1.29 is 4.79 Å². The second kappa shape index (κ2) is 6.75. The van der Waals surface area contributed by atoms with Gasteiger partial charge in [0.15, 0.2) is 0 Å². The van der Waals surface area contributed by atoms with Gasteiger partial charge in [-0.3, -0.25) is 4.79 Å². The lowest BCUT2D eigenvalue weighted by molar-refractivity contribution is -0.118. The SMILES string of the molecule is Cc1ccc(NCCC(=O)N(C)c2ccccc2)cc1. The van der Waals surface area contributed by atoms with Gasteiger partial charge in [0.05, 0.1) is 0 Å². The number of nitrogens with one attached hydrogen (secondary N) is 1. The third-order valence-electron chi connectivity index (χ3n) is 3.24. The zero-order valence-corrected chi connectivity index (χ0v) is 12.0. The number of para-hydroxylation sites is 1. The average Bonchev–Trinajstić information content (AvgIpc) is 2.49. The van der Waals surface area contributed by atoms with E-state index in [1.807, 2.05) is 49.5 Å². The summed E-state index contributed by atoms with van der Waals surface area (Å²) < 4.78 is 0. The number of hydrogen-bond acceptors (Lipinski definition) is 2. The zero-order chi connectivity index (χ0) is 14.4. The van der Waals surface area contributed by atoms with E-state index in [1.54, 1.807) is 4.90 Å². The van der Waals surface area contributed by atoms with Gasteiger partial charge in [0, 0.05) is 31.4 Å². The first-order valence-corrected chi connectivity index (χ1v) is 6.79. The van der Waals surface area contributed by atoms with E-state index >= 15 is 0 Å². The van der Waals surface area contributed by atoms with Crippen LogP contribution < -0.4 is 10.2 Å². The minimum Gasteiger partial charge on any atom is -0.385 e. The van der Waals surface area contributed by atoms with Crippen molar-refractivity contribution in [1.82, 2.24) is 0 Å². The number of carbonyl (C=O) groups is 1. The van der Waals surface area contributed by atoms with Crippen LogP contribution >= 0.6 is 0 Å². The molecule has 2 rings (SSSR count). The number of anilines is 2. The summed E-state index contributed by atoms with van der Waals surface area (Å²) in [6, 6.07) is 17.9. The molecule has 3 nitrogen and oxygen atoms in total. The van der Waals surface area contributed by atoms with Gasteiger partial charge in [-0.05, 0) is 31.2 Å². The molecule has 0 atom stereocenters. The third kappa shape index (κ3) is 3.85. The van der Waals surface area contributed by atoms with E-state index in [4.69, 9.17) is 0 Å². The predicted octanol–water partition coefficient (Wildman–Crippen LogP) is 3.46. The summed E-state index contributed by atoms with van der Waals surface area (Å²) in [5.41, 5.74) is 3.20. The molecule has 1 N–H and O–H groups in total. The molecule has 0 saturated heterocycles. The van der Waals surface area contributed by atoms with Crippen LogP contribution in [0.3, 0.4) is 0 Å². The molecule has 0 spiro atoms. The minimum absolute atomic E-state index is 0.107. The van der Waals surface area contributed by atoms with Gasteiger partial charge in [0.25, 0.3) is 0 Å². The molecule has 0 aliphatic carbocycles. The maximum absolute atomic E-state index is 12.1. The molecule has 0 saturated carbocycles. The highest BCUT2D eigenvalue weighted by atomic mass is 16.2. The summed E-state index contributed by atoms with van der Waals surface area (Å²) in [7, 11) is 1.81. The van der Waals surface area contributed by atoms with Gasteiger partial charge in [0.2, 0.25) is 5.91 Å². The molecule has 104 valence electrons. The highest BCUT2D eigenvalue weighted by molar-refractivity contribution is 5.92. The molecule has 0 aliphatic rings. The number of amides is 1. The van der Waals surface area contributed by atoms with Crippen LogP contribution in [0.25, 0.3) is 0 Å². The van der Waals surface area contributed by atoms with Crippen LogP contribution in [0.2, 0.25) is 0 Å². The van der Waals surface area contributed by atoms with Crippen molar-refractivity contribution in [2.45, 2.75) is 13.3 Å². The molecular weight excluding hydrogens is 248 g/mol. The van der Waals surface area contributed by atoms with E-state index < -0.39 is 0 Å². The van der Waals surface area contributed by atoms with E-state index in [-0.39, 0.29) is 5.91 Å². The molecule has 0 bridgehead atoms. The van der Waals surface area contributed by atoms with Crippen molar-refractivity contribution in [2.24, 2.45) is 0 Å². The van der Waals surface area contributed by atoms with Gasteiger partial charge >= 0.3 is 0 Å². The summed E-state index contributed by atoms with van der Waals surface area (Å²) in [5, 5.41) is 3.26. The van der Waals surface area contributed by atoms with Gasteiger partial charge in [0.1, 0.15) is 0 Å². The number of hydrogen-bond donors (Lipinski definition) is 1. The Hall–Kier alpha value is -2.29. The topological polar surface area (TPSA) is 32.3 Å². The largest absolute Gasteiger partial charge is 0.385 e. The Labute approximate surface area is 120 Å². The molecule has 20 heavy (non-hydrogen) atoms. The second-order valence-corrected chi connectivity index (χ2v) is 4.83. The number of rotatable bonds is 5. The number of carbonyl (C=O) groups excluding carboxylic acids is 1. The standard InChI is InChI=1S/C17H20N2O/c1-14-8-10-15(11-9-14)18-13-12-17(20)19(2)16-6-4-3-5-7-16/h3-11,18H,12-13H2,1-2H3. The van der Waals surface area contributed by atoms with Crippen molar-refractivity contribution >= 4 is 17.3 Å². The third-order valence-corrected chi connectivity index (χ3v) is 3.24. The first kappa shape index (κ1) is 14.1. The van der Waals surface area contributed by atoms with Gasteiger partial charge in [-0.2, -0.15) is 0 Å². The summed E-state index contributed by atoms with van der Waals surface area (Å²) in [4.78, 5) is 13.8. The Kier molecular flexibility index (Phi) is 4.77. The van der Waals surface area contributed by atoms with Gasteiger partial charge < -0.3 is 10.2 Å². The Bertz CT molecular complexity index is 549. The average molecular weight is 268 g/mol. The zero-order valence-electron chi connectivity index (χ0n) is 12.0. The van der Waals surface area contributed by atoms with E-state index in [0.29, 0.717) is 13.0 Å². The lowest BCUT2D eigenvalue weighted by Gasteiger charge is -2.17. The quantitative estimate of drug-likeness (QED) is 0.900. The maximum atomic E-state index is 12.1. The molecule has 3 heteroatoms. The van der Waals surface area contributed by atoms with Crippen LogP contribution in [-0.4, -0.2) is 19.5 Å². The molecule has 2 aromatic carbocycles. The van der Waals surface area contributed by atoms with Crippen LogP contribution in [0.4, 0.5) is 11.4 Å². The van der Waals surface area contributed by atoms with E-state index in [9.17, 15) is 4.79 Å². The smallest absolute Gasteiger partial charge is 0.228 e. The highest BCUT2D eigenvalue weighted by Crippen LogP contribution is 2.12. The lowest BCUT2D eigenvalue weighted by atomic mass is 10.2. The summed E-state index contributed by atoms with van der Waals surface area (Å²) in [5.74, 6) is 0.107. The Morgan fingerprint density at radius 3 is 2.35 bits per heavy atom. The van der Waals surface area contributed by atoms with Crippen molar-refractivity contribution in [2.75, 3.05) is 23.8 Å². The maximum Gasteiger partial charge on any atom is 0.228 e. The van der Waals surface area contributed by atoms with Crippen LogP contribution in [0.1, 0.15) is 12.0 Å². The van der Waals surface area contributed by atoms with Crippen LogP contribution in [0.15, 0.2) is 54.6 Å². The number of aryl methyl sites for hydroxylation is 1. The molecule has 0 fully saturated rings. The summed E-state index contributed by atoms with van der Waals surface area (Å²) >= 11 is 0. The fraction of sp³-hybridized carbons (Fsp3) is 0.235. The van der Waals surface area contributed by atoms with E-state index in [2.05, 4.69) is 24.4 Å². The van der Waals surface area contributed by atoms with Crippen LogP contribution in [0, 0.1) is 6.92 Å². The molecule has 0 aromatic heterocycles. The predicted molar refractivity (Wildman–Crippen MR) is 84.1 cm³/mol. The molecule has 0 unspecified atom stereocenters. The van der Waals surface area contributed by atoms with Crippen LogP contribution in [0.5, 0.6) is 0 Å². The number of benzene rings is 2. The lowest BCUT2D eigenvalue weighted by Crippen LogP contribution is -2.27. The van der Waals surface area contributed by atoms with Gasteiger partial charge in [-0.1, -0.05) is 35.9 Å². The summed E-state index contributed by atoms with van der Waals surface area (Å²) in [6.45, 7) is 2.70. The summed E-state index contributed by atoms with van der Waals surface area (Å²) in [6.07, 6.45) is 0.471. The van der Waals surface area contributed by atoms with Gasteiger partial charge in [-0.15, -0.1) is 0 Å². The molecule has 0 aliphatic heterocycles. The molecule has 1 amide bonds. The van der Waals surface area contributed by atoms with Crippen molar-refractivity contribution in [3.05, 3.63) is 60.2 Å². The van der Waals surface area contributed by atoms with Crippen LogP contribution in [-0.2, 0) is 4.79 Å². The monoisotopic (exact) mass is 268 g/mol. The number of nitrogens with zero attached hydrogens (tertiary/aromatic N) is 1. The first-order valence-electron chi connectivity index (χ1n) is 6.79. The fourth-order valence-corrected chi connectivity index (χ4v) is 1.95. The molecule has 0 radical (unpaired) electrons. The molecular formula is C17H20N2O. The Morgan fingerprint density at radius 1 is 1.05 bits per heavy atom. The van der Waals surface area contributed by atoms with Crippen molar-refractivity contribution in [3.63, 3.8) is 0 Å². The molecule has 0 heterocycles. The second-order valence-electron chi connectivity index (χ2n) is 4.83. The van der Waals surface area contributed by atoms with E-state index in [0.717, 1.165) is 11.4 Å². The minimum atomic E-state index is 0.107. The molecule has 2 aromatic rings. The van der Waals surface area contributed by atoms with Crippen molar-refractivity contribution in [3.8, 4) is 0 Å². The van der Waals surface area contributed by atoms with Gasteiger partial charge in [-0.25, -0.2) is 0 Å². The first-order chi connectivity index (χ1) is 9.66. The normalized spacial score (nSPS) is 10.1. The highest BCUT2D eigenvalue weighted by Gasteiger charge is 2.09. The Balaban J connectivity index is 1.82. The fourth-order valence-electron chi connectivity index (χ4n) is 1.95. The van der Waals surface area contributed by atoms with Crippen molar-refractivity contribution in [1.29, 1.82) is 0 Å².